The maximum absolute atomic E-state index is 13.3. The number of aryl methyl sites for hydroxylation is 1. The monoisotopic (exact) mass is 502 g/mol. The molecule has 3 aromatic carbocycles. The van der Waals surface area contributed by atoms with Gasteiger partial charge in [-0.15, -0.1) is 0 Å². The summed E-state index contributed by atoms with van der Waals surface area (Å²) in [5.74, 6) is -1.15. The van der Waals surface area contributed by atoms with Crippen molar-refractivity contribution < 1.29 is 23.8 Å². The van der Waals surface area contributed by atoms with Crippen LogP contribution in [0.2, 0.25) is 0 Å². The van der Waals surface area contributed by atoms with Gasteiger partial charge in [-0.3, -0.25) is 10.1 Å². The van der Waals surface area contributed by atoms with Crippen molar-refractivity contribution in [3.63, 3.8) is 0 Å². The molecule has 1 aliphatic rings. The van der Waals surface area contributed by atoms with E-state index in [4.69, 9.17) is 4.74 Å². The van der Waals surface area contributed by atoms with Crippen LogP contribution in [0.1, 0.15) is 29.7 Å². The third-order valence-electron chi connectivity index (χ3n) is 6.43. The van der Waals surface area contributed by atoms with E-state index in [1.54, 1.807) is 12.1 Å². The zero-order chi connectivity index (χ0) is 25.3. The summed E-state index contributed by atoms with van der Waals surface area (Å²) in [5.41, 5.74) is 4.81. The lowest BCUT2D eigenvalue weighted by molar-refractivity contribution is -0.140. The van der Waals surface area contributed by atoms with Crippen molar-refractivity contribution >= 4 is 29.3 Å². The number of benzene rings is 3. The average Bonchev–Trinajstić information content (AvgIpc) is 3.63. The molecule has 0 aliphatic heterocycles. The number of carbonyl (C=O) groups excluding carboxylic acids is 1. The van der Waals surface area contributed by atoms with Crippen molar-refractivity contribution in [2.75, 3.05) is 5.32 Å². The number of aromatic nitrogens is 1. The summed E-state index contributed by atoms with van der Waals surface area (Å²) in [6.07, 6.45) is 0.717. The summed E-state index contributed by atoms with van der Waals surface area (Å²) < 4.78 is 23.0. The molecular formula is C28H23FN2O4S. The van der Waals surface area contributed by atoms with Crippen molar-refractivity contribution in [1.29, 1.82) is 0 Å². The second-order valence-electron chi connectivity index (χ2n) is 8.85. The fourth-order valence-electron chi connectivity index (χ4n) is 4.17. The number of halogens is 1. The van der Waals surface area contributed by atoms with E-state index in [1.165, 1.54) is 23.7 Å². The number of hydrogen-bond acceptors (Lipinski definition) is 5. The molecule has 0 spiro atoms. The number of rotatable bonds is 7. The molecule has 5 rings (SSSR count). The Labute approximate surface area is 211 Å². The summed E-state index contributed by atoms with van der Waals surface area (Å²) in [6.45, 7) is 1.76. The number of carboxylic acid groups (broad SMARTS) is 1. The van der Waals surface area contributed by atoms with Crippen LogP contribution in [0.3, 0.4) is 0 Å². The molecule has 0 saturated heterocycles. The first-order valence-corrected chi connectivity index (χ1v) is 12.2. The predicted molar refractivity (Wildman–Crippen MR) is 136 cm³/mol. The maximum atomic E-state index is 13.3. The van der Waals surface area contributed by atoms with Crippen LogP contribution in [0.25, 0.3) is 21.6 Å². The van der Waals surface area contributed by atoms with E-state index in [0.29, 0.717) is 29.8 Å². The average molecular weight is 503 g/mol. The molecule has 0 unspecified atom stereocenters. The van der Waals surface area contributed by atoms with Gasteiger partial charge >= 0.3 is 12.1 Å². The summed E-state index contributed by atoms with van der Waals surface area (Å²) in [7, 11) is 0. The van der Waals surface area contributed by atoms with E-state index in [0.717, 1.165) is 27.1 Å². The molecule has 1 heterocycles. The molecule has 1 saturated carbocycles. The van der Waals surface area contributed by atoms with Gasteiger partial charge in [0.1, 0.15) is 12.4 Å². The second-order valence-corrected chi connectivity index (χ2v) is 9.62. The lowest BCUT2D eigenvalue weighted by atomic mass is 9.93. The molecule has 8 heteroatoms. The van der Waals surface area contributed by atoms with Crippen LogP contribution >= 0.6 is 11.5 Å². The van der Waals surface area contributed by atoms with Gasteiger partial charge in [0.15, 0.2) is 0 Å². The molecule has 1 aromatic heterocycles. The number of hydrogen-bond donors (Lipinski definition) is 2. The highest BCUT2D eigenvalue weighted by Gasteiger charge is 2.51. The first kappa shape index (κ1) is 23.7. The molecule has 6 nitrogen and oxygen atoms in total. The number of nitrogens with zero attached hydrogens (tertiary/aromatic N) is 1. The Kier molecular flexibility index (Phi) is 6.28. The van der Waals surface area contributed by atoms with E-state index in [9.17, 15) is 19.1 Å². The van der Waals surface area contributed by atoms with Crippen molar-refractivity contribution in [2.24, 2.45) is 0 Å². The third kappa shape index (κ3) is 4.72. The standard InChI is InChI=1S/C28H23FN2O4S/c1-17-24(30-27(34)35-16-18-3-2-4-23(29)15-18)25(36-31-17)21-7-5-19(6-8-21)20-9-11-22(12-10-20)28(13-14-28)26(32)33/h2-12,15H,13-14,16H2,1H3,(H,30,34)(H,32,33). The smallest absolute Gasteiger partial charge is 0.412 e. The summed E-state index contributed by atoms with van der Waals surface area (Å²) >= 11 is 1.28. The number of carboxylic acids is 1. The van der Waals surface area contributed by atoms with Crippen LogP contribution in [-0.4, -0.2) is 21.5 Å². The highest BCUT2D eigenvalue weighted by molar-refractivity contribution is 7.10. The zero-order valence-electron chi connectivity index (χ0n) is 19.5. The topological polar surface area (TPSA) is 88.5 Å². The number of ether oxygens (including phenoxy) is 1. The Morgan fingerprint density at radius 1 is 1.03 bits per heavy atom. The lowest BCUT2D eigenvalue weighted by Crippen LogP contribution is -2.19. The van der Waals surface area contributed by atoms with Gasteiger partial charge in [-0.05, 0) is 71.2 Å². The van der Waals surface area contributed by atoms with E-state index in [1.807, 2.05) is 55.5 Å². The minimum Gasteiger partial charge on any atom is -0.481 e. The normalized spacial score (nSPS) is 13.7. The molecular weight excluding hydrogens is 479 g/mol. The SMILES string of the molecule is Cc1nsc(-c2ccc(-c3ccc(C4(C(=O)O)CC4)cc3)cc2)c1NC(=O)OCc1cccc(F)c1. The fourth-order valence-corrected chi connectivity index (χ4v) is 5.03. The van der Waals surface area contributed by atoms with E-state index >= 15 is 0 Å². The van der Waals surface area contributed by atoms with Gasteiger partial charge in [0.2, 0.25) is 0 Å². The molecule has 0 radical (unpaired) electrons. The number of aliphatic carboxylic acids is 1. The Bertz CT molecular complexity index is 1430. The Morgan fingerprint density at radius 3 is 2.28 bits per heavy atom. The van der Waals surface area contributed by atoms with Gasteiger partial charge in [-0.25, -0.2) is 9.18 Å². The van der Waals surface area contributed by atoms with Gasteiger partial charge in [0.05, 0.1) is 21.7 Å². The van der Waals surface area contributed by atoms with Crippen molar-refractivity contribution in [2.45, 2.75) is 31.8 Å². The molecule has 2 N–H and O–H groups in total. The fraction of sp³-hybridized carbons (Fsp3) is 0.179. The third-order valence-corrected chi connectivity index (χ3v) is 7.41. The molecule has 1 aliphatic carbocycles. The Balaban J connectivity index is 1.28. The quantitative estimate of drug-likeness (QED) is 0.290. The number of carbonyl (C=O) groups is 2. The van der Waals surface area contributed by atoms with Gasteiger partial charge in [-0.1, -0.05) is 60.7 Å². The van der Waals surface area contributed by atoms with Crippen molar-refractivity contribution in [3.8, 4) is 21.6 Å². The summed E-state index contributed by atoms with van der Waals surface area (Å²) in [5, 5.41) is 12.3. The predicted octanol–water partition coefficient (Wildman–Crippen LogP) is 6.79. The van der Waals surface area contributed by atoms with Gasteiger partial charge in [-0.2, -0.15) is 4.37 Å². The van der Waals surface area contributed by atoms with E-state index < -0.39 is 17.5 Å². The molecule has 1 amide bonds. The largest absolute Gasteiger partial charge is 0.481 e. The van der Waals surface area contributed by atoms with E-state index in [-0.39, 0.29) is 12.4 Å². The van der Waals surface area contributed by atoms with Gasteiger partial charge in [0.25, 0.3) is 0 Å². The van der Waals surface area contributed by atoms with Crippen molar-refractivity contribution in [3.05, 3.63) is 95.4 Å². The van der Waals surface area contributed by atoms with Crippen molar-refractivity contribution in [1.82, 2.24) is 4.37 Å². The number of nitrogens with one attached hydrogen (secondary N) is 1. The molecule has 36 heavy (non-hydrogen) atoms. The molecule has 0 bridgehead atoms. The van der Waals surface area contributed by atoms with Crippen LogP contribution in [0, 0.1) is 12.7 Å². The maximum Gasteiger partial charge on any atom is 0.412 e. The Hall–Kier alpha value is -4.04. The minimum absolute atomic E-state index is 0.0450. The minimum atomic E-state index is -0.762. The molecule has 0 atom stereocenters. The molecule has 182 valence electrons. The van der Waals surface area contributed by atoms with Crippen LogP contribution in [0.15, 0.2) is 72.8 Å². The van der Waals surface area contributed by atoms with Crippen LogP contribution in [0.4, 0.5) is 14.9 Å². The second kappa shape index (κ2) is 9.54. The first-order chi connectivity index (χ1) is 17.4. The summed E-state index contributed by atoms with van der Waals surface area (Å²) in [4.78, 5) is 24.8. The highest BCUT2D eigenvalue weighted by atomic mass is 32.1. The van der Waals surface area contributed by atoms with Crippen LogP contribution in [-0.2, 0) is 21.6 Å². The lowest BCUT2D eigenvalue weighted by Gasteiger charge is -2.11. The first-order valence-electron chi connectivity index (χ1n) is 11.4. The van der Waals surface area contributed by atoms with Crippen LogP contribution < -0.4 is 5.32 Å². The molecule has 1 fully saturated rings. The van der Waals surface area contributed by atoms with Gasteiger partial charge in [0, 0.05) is 0 Å². The zero-order valence-corrected chi connectivity index (χ0v) is 20.3. The molecule has 4 aromatic rings. The summed E-state index contributed by atoms with van der Waals surface area (Å²) in [6, 6.07) is 21.5. The Morgan fingerprint density at radius 2 is 1.67 bits per heavy atom. The number of anilines is 1. The highest BCUT2D eigenvalue weighted by Crippen LogP contribution is 2.48. The van der Waals surface area contributed by atoms with Crippen LogP contribution in [0.5, 0.6) is 0 Å². The van der Waals surface area contributed by atoms with Gasteiger partial charge < -0.3 is 9.84 Å². The number of amides is 1. The van der Waals surface area contributed by atoms with E-state index in [2.05, 4.69) is 9.69 Å².